The minimum absolute atomic E-state index is 0.0434. The molecule has 0 aliphatic rings. The summed E-state index contributed by atoms with van der Waals surface area (Å²) in [6, 6.07) is 18.5. The molecule has 0 fully saturated rings. The van der Waals surface area contributed by atoms with E-state index >= 15 is 0 Å². The van der Waals surface area contributed by atoms with E-state index in [0.717, 1.165) is 11.3 Å². The second-order valence-corrected chi connectivity index (χ2v) is 9.19. The van der Waals surface area contributed by atoms with Gasteiger partial charge in [-0.2, -0.15) is 0 Å². The van der Waals surface area contributed by atoms with E-state index in [2.05, 4.69) is 10.0 Å². The number of sulfonamides is 1. The lowest BCUT2D eigenvalue weighted by atomic mass is 10.2. The lowest BCUT2D eigenvalue weighted by Gasteiger charge is -2.13. The Hall–Kier alpha value is -3.72. The Morgan fingerprint density at radius 2 is 1.56 bits per heavy atom. The fraction of sp³-hybridized carbons (Fsp3) is 0.240. The Kier molecular flexibility index (Phi) is 8.37. The molecule has 0 spiro atoms. The number of amides is 1. The average molecular weight is 485 g/mol. The number of methoxy groups -OCH3 is 2. The average Bonchev–Trinajstić information content (AvgIpc) is 2.83. The molecule has 0 aliphatic carbocycles. The van der Waals surface area contributed by atoms with Crippen LogP contribution in [0.1, 0.15) is 18.4 Å². The van der Waals surface area contributed by atoms with Crippen LogP contribution in [0.2, 0.25) is 0 Å². The summed E-state index contributed by atoms with van der Waals surface area (Å²) in [6.45, 7) is 2.43. The highest BCUT2D eigenvalue weighted by atomic mass is 32.2. The molecule has 0 bridgehead atoms. The maximum atomic E-state index is 12.8. The van der Waals surface area contributed by atoms with Gasteiger partial charge in [-0.05, 0) is 61.9 Å². The molecule has 0 unspecified atom stereocenters. The van der Waals surface area contributed by atoms with Crippen molar-refractivity contribution in [1.29, 1.82) is 0 Å². The molecular weight excluding hydrogens is 456 g/mol. The maximum absolute atomic E-state index is 12.8. The Morgan fingerprint density at radius 1 is 0.882 bits per heavy atom. The fourth-order valence-electron chi connectivity index (χ4n) is 3.10. The lowest BCUT2D eigenvalue weighted by molar-refractivity contribution is -0.116. The van der Waals surface area contributed by atoms with Crippen LogP contribution in [0.4, 0.5) is 11.4 Å². The predicted molar refractivity (Wildman–Crippen MR) is 131 cm³/mol. The molecule has 0 aliphatic heterocycles. The van der Waals surface area contributed by atoms with Crippen LogP contribution in [0.25, 0.3) is 0 Å². The molecule has 1 amide bonds. The zero-order valence-electron chi connectivity index (χ0n) is 19.3. The molecule has 0 saturated heterocycles. The summed E-state index contributed by atoms with van der Waals surface area (Å²) < 4.78 is 44.1. The second-order valence-electron chi connectivity index (χ2n) is 7.51. The van der Waals surface area contributed by atoms with Crippen LogP contribution in [0.5, 0.6) is 17.2 Å². The number of benzene rings is 3. The highest BCUT2D eigenvalue weighted by Crippen LogP contribution is 2.31. The number of carbonyl (C=O) groups excluding carboxylic acids is 1. The minimum atomic E-state index is -3.88. The van der Waals surface area contributed by atoms with Crippen molar-refractivity contribution in [3.8, 4) is 17.2 Å². The summed E-state index contributed by atoms with van der Waals surface area (Å²) >= 11 is 0. The van der Waals surface area contributed by atoms with E-state index in [0.29, 0.717) is 30.2 Å². The monoisotopic (exact) mass is 484 g/mol. The number of rotatable bonds is 11. The van der Waals surface area contributed by atoms with Gasteiger partial charge in [0.1, 0.15) is 17.2 Å². The zero-order chi connectivity index (χ0) is 24.6. The first-order chi connectivity index (χ1) is 16.3. The van der Waals surface area contributed by atoms with Gasteiger partial charge in [0.05, 0.1) is 31.4 Å². The number of aryl methyl sites for hydroxylation is 1. The number of nitrogens with one attached hydrogen (secondary N) is 2. The smallest absolute Gasteiger partial charge is 0.262 e. The molecule has 0 aromatic heterocycles. The standard InChI is InChI=1S/C25H28N2O6S/c1-18-6-10-20(11-7-18)33-16-4-5-25(28)26-19-8-13-22(14-9-19)34(29,30)27-23-17-21(31-2)12-15-24(23)32-3/h6-15,17,27H,4-5,16H2,1-3H3,(H,26,28). The molecule has 0 saturated carbocycles. The summed E-state index contributed by atoms with van der Waals surface area (Å²) in [5.41, 5.74) is 1.91. The number of hydrogen-bond acceptors (Lipinski definition) is 6. The second kappa shape index (κ2) is 11.4. The van der Waals surface area contributed by atoms with Gasteiger partial charge in [0.2, 0.25) is 5.91 Å². The molecule has 3 aromatic carbocycles. The molecule has 180 valence electrons. The normalized spacial score (nSPS) is 10.9. The van der Waals surface area contributed by atoms with Crippen molar-refractivity contribution in [2.24, 2.45) is 0 Å². The van der Waals surface area contributed by atoms with Gasteiger partial charge in [-0.1, -0.05) is 17.7 Å². The molecule has 8 nitrogen and oxygen atoms in total. The van der Waals surface area contributed by atoms with Gasteiger partial charge in [-0.3, -0.25) is 9.52 Å². The topological polar surface area (TPSA) is 103 Å². The first-order valence-electron chi connectivity index (χ1n) is 10.6. The minimum Gasteiger partial charge on any atom is -0.497 e. The van der Waals surface area contributed by atoms with Crippen LogP contribution in [-0.2, 0) is 14.8 Å². The van der Waals surface area contributed by atoms with Crippen LogP contribution >= 0.6 is 0 Å². The van der Waals surface area contributed by atoms with E-state index in [1.165, 1.54) is 44.6 Å². The van der Waals surface area contributed by atoms with Crippen molar-refractivity contribution in [3.63, 3.8) is 0 Å². The van der Waals surface area contributed by atoms with E-state index in [1.54, 1.807) is 12.1 Å². The molecule has 0 atom stereocenters. The highest BCUT2D eigenvalue weighted by molar-refractivity contribution is 7.92. The number of hydrogen-bond donors (Lipinski definition) is 2. The summed E-state index contributed by atoms with van der Waals surface area (Å²) in [5.74, 6) is 1.44. The number of anilines is 2. The first kappa shape index (κ1) is 24.9. The van der Waals surface area contributed by atoms with Gasteiger partial charge < -0.3 is 19.5 Å². The van der Waals surface area contributed by atoms with Gasteiger partial charge in [0.15, 0.2) is 0 Å². The van der Waals surface area contributed by atoms with Crippen molar-refractivity contribution in [1.82, 2.24) is 0 Å². The van der Waals surface area contributed by atoms with E-state index in [-0.39, 0.29) is 22.9 Å². The van der Waals surface area contributed by atoms with Crippen LogP contribution in [0.3, 0.4) is 0 Å². The molecule has 0 heterocycles. The molecule has 9 heteroatoms. The van der Waals surface area contributed by atoms with Gasteiger partial charge in [-0.15, -0.1) is 0 Å². The fourth-order valence-corrected chi connectivity index (χ4v) is 4.16. The van der Waals surface area contributed by atoms with Gasteiger partial charge in [-0.25, -0.2) is 8.42 Å². The largest absolute Gasteiger partial charge is 0.497 e. The predicted octanol–water partition coefficient (Wildman–Crippen LogP) is 4.61. The summed E-state index contributed by atoms with van der Waals surface area (Å²) in [6.07, 6.45) is 0.835. The highest BCUT2D eigenvalue weighted by Gasteiger charge is 2.17. The van der Waals surface area contributed by atoms with Crippen molar-refractivity contribution in [2.75, 3.05) is 30.9 Å². The van der Waals surface area contributed by atoms with Crippen LogP contribution in [0, 0.1) is 6.92 Å². The van der Waals surface area contributed by atoms with Crippen LogP contribution in [-0.4, -0.2) is 35.2 Å². The first-order valence-corrected chi connectivity index (χ1v) is 12.1. The molecule has 3 aromatic rings. The zero-order valence-corrected chi connectivity index (χ0v) is 20.1. The lowest BCUT2D eigenvalue weighted by Crippen LogP contribution is -2.15. The van der Waals surface area contributed by atoms with Crippen molar-refractivity contribution >= 4 is 27.3 Å². The van der Waals surface area contributed by atoms with Crippen molar-refractivity contribution in [2.45, 2.75) is 24.7 Å². The summed E-state index contributed by atoms with van der Waals surface area (Å²) in [7, 11) is -0.937. The molecular formula is C25H28N2O6S. The van der Waals surface area contributed by atoms with Gasteiger partial charge in [0.25, 0.3) is 10.0 Å². The van der Waals surface area contributed by atoms with E-state index in [9.17, 15) is 13.2 Å². The Balaban J connectivity index is 1.53. The van der Waals surface area contributed by atoms with Crippen LogP contribution in [0.15, 0.2) is 71.6 Å². The van der Waals surface area contributed by atoms with Crippen molar-refractivity contribution in [3.05, 3.63) is 72.3 Å². The van der Waals surface area contributed by atoms with Crippen molar-refractivity contribution < 1.29 is 27.4 Å². The van der Waals surface area contributed by atoms with E-state index in [4.69, 9.17) is 14.2 Å². The SMILES string of the molecule is COc1ccc(OC)c(NS(=O)(=O)c2ccc(NC(=O)CCCOc3ccc(C)cc3)cc2)c1. The maximum Gasteiger partial charge on any atom is 0.262 e. The molecule has 34 heavy (non-hydrogen) atoms. The Labute approximate surface area is 199 Å². The number of carbonyl (C=O) groups is 1. The Morgan fingerprint density at radius 3 is 2.21 bits per heavy atom. The third-order valence-corrected chi connectivity index (χ3v) is 6.32. The molecule has 3 rings (SSSR count). The molecule has 2 N–H and O–H groups in total. The summed E-state index contributed by atoms with van der Waals surface area (Å²) in [4.78, 5) is 12.2. The molecule has 0 radical (unpaired) electrons. The van der Waals surface area contributed by atoms with Gasteiger partial charge in [0, 0.05) is 18.2 Å². The van der Waals surface area contributed by atoms with Crippen LogP contribution < -0.4 is 24.2 Å². The van der Waals surface area contributed by atoms with E-state index in [1.807, 2.05) is 31.2 Å². The van der Waals surface area contributed by atoms with E-state index < -0.39 is 10.0 Å². The quantitative estimate of drug-likeness (QED) is 0.385. The third kappa shape index (κ3) is 6.89. The summed E-state index contributed by atoms with van der Waals surface area (Å²) in [5, 5.41) is 2.76. The number of ether oxygens (including phenoxy) is 3. The van der Waals surface area contributed by atoms with Gasteiger partial charge >= 0.3 is 0 Å². The Bertz CT molecular complexity index is 1210. The third-order valence-electron chi connectivity index (χ3n) is 4.94.